The largest absolute Gasteiger partial charge is 0.449 e. The fourth-order valence-corrected chi connectivity index (χ4v) is 4.32. The molecule has 0 bridgehead atoms. The lowest BCUT2D eigenvalue weighted by Crippen LogP contribution is -2.45. The van der Waals surface area contributed by atoms with Gasteiger partial charge in [0.2, 0.25) is 5.91 Å². The zero-order chi connectivity index (χ0) is 27.4. The third-order valence-corrected chi connectivity index (χ3v) is 6.31. The number of anilines is 1. The summed E-state index contributed by atoms with van der Waals surface area (Å²) in [6, 6.07) is 7.29. The summed E-state index contributed by atoms with van der Waals surface area (Å²) in [5.41, 5.74) is -0.339. The number of likely N-dealkylation sites (N-methyl/N-ethyl adjacent to an activating group) is 2. The Morgan fingerprint density at radius 2 is 1.66 bits per heavy atom. The molecule has 7 nitrogen and oxygen atoms in total. The molecule has 2 aromatic carbocycles. The molecule has 0 saturated carbocycles. The molecule has 3 aromatic rings. The number of nitrogens with one attached hydrogen (secondary N) is 1. The number of rotatable bonds is 4. The monoisotopic (exact) mass is 552 g/mol. The van der Waals surface area contributed by atoms with Crippen LogP contribution in [0.2, 0.25) is 5.22 Å². The second kappa shape index (κ2) is 12.0. The first-order chi connectivity index (χ1) is 18.2. The summed E-state index contributed by atoms with van der Waals surface area (Å²) < 4.78 is 66.7. The molecular weight excluding hydrogens is 528 g/mol. The number of carbonyl (C=O) groups excluding carboxylic acids is 1. The van der Waals surface area contributed by atoms with E-state index < -0.39 is 41.1 Å². The third-order valence-electron chi connectivity index (χ3n) is 6.10. The standard InChI is InChI=1S/C21H14ClF4N3O2.C5H11NO/c1-27-21(30)20-18(16-6-7-17(22)31-16)19(12-4-2-10(23)8-13(12)25)28-29(20)15-5-3-11(24)9-14(15)26;1-6-2-4-7-5-3-6/h2-9,18,20H,1H3,(H,27,30);2-5H2,1H3/t18-,20?;/m1./s1. The van der Waals surface area contributed by atoms with E-state index in [0.717, 1.165) is 55.6 Å². The highest BCUT2D eigenvalue weighted by Gasteiger charge is 2.47. The van der Waals surface area contributed by atoms with Gasteiger partial charge in [-0.05, 0) is 55.0 Å². The van der Waals surface area contributed by atoms with E-state index in [1.807, 2.05) is 0 Å². The third kappa shape index (κ3) is 6.01. The topological polar surface area (TPSA) is 70.3 Å². The Morgan fingerprint density at radius 1 is 1.00 bits per heavy atom. The van der Waals surface area contributed by atoms with Gasteiger partial charge in [-0.15, -0.1) is 0 Å². The number of nitrogens with zero attached hydrogens (tertiary/aromatic N) is 3. The van der Waals surface area contributed by atoms with E-state index in [1.165, 1.54) is 19.2 Å². The van der Waals surface area contributed by atoms with Gasteiger partial charge < -0.3 is 19.4 Å². The summed E-state index contributed by atoms with van der Waals surface area (Å²) in [6.07, 6.45) is 0. The first kappa shape index (κ1) is 27.6. The van der Waals surface area contributed by atoms with Gasteiger partial charge in [-0.2, -0.15) is 5.10 Å². The molecule has 1 aromatic heterocycles. The fourth-order valence-electron chi connectivity index (χ4n) is 4.17. The van der Waals surface area contributed by atoms with Gasteiger partial charge in [0, 0.05) is 37.8 Å². The van der Waals surface area contributed by atoms with E-state index >= 15 is 0 Å². The van der Waals surface area contributed by atoms with Crippen molar-refractivity contribution in [3.63, 3.8) is 0 Å². The molecule has 5 rings (SSSR count). The minimum atomic E-state index is -1.23. The van der Waals surface area contributed by atoms with Crippen molar-refractivity contribution in [2.45, 2.75) is 12.0 Å². The summed E-state index contributed by atoms with van der Waals surface area (Å²) in [7, 11) is 3.48. The Labute approximate surface area is 221 Å². The zero-order valence-electron chi connectivity index (χ0n) is 20.6. The summed E-state index contributed by atoms with van der Waals surface area (Å²) >= 11 is 5.90. The second-order valence-electron chi connectivity index (χ2n) is 8.64. The smallest absolute Gasteiger partial charge is 0.245 e. The number of amides is 1. The Bertz CT molecular complexity index is 1330. The normalized spacial score (nSPS) is 19.6. The van der Waals surface area contributed by atoms with Crippen LogP contribution in [0.3, 0.4) is 0 Å². The van der Waals surface area contributed by atoms with Gasteiger partial charge in [-0.1, -0.05) is 0 Å². The maximum absolute atomic E-state index is 14.6. The van der Waals surface area contributed by atoms with Crippen molar-refractivity contribution < 1.29 is 31.5 Å². The quantitative estimate of drug-likeness (QED) is 0.481. The van der Waals surface area contributed by atoms with E-state index in [4.69, 9.17) is 20.8 Å². The van der Waals surface area contributed by atoms with Crippen molar-refractivity contribution in [2.24, 2.45) is 5.10 Å². The van der Waals surface area contributed by atoms with E-state index in [9.17, 15) is 22.4 Å². The Hall–Kier alpha value is -3.41. The highest BCUT2D eigenvalue weighted by Crippen LogP contribution is 2.40. The SMILES string of the molecule is CN1CCOCC1.CNC(=O)C1[C@H](c2ccc(Cl)o2)C(c2ccc(F)cc2F)=NN1c1ccc(F)cc1F. The number of hydrogen-bond donors (Lipinski definition) is 1. The Balaban J connectivity index is 0.000000417. The van der Waals surface area contributed by atoms with Gasteiger partial charge in [-0.3, -0.25) is 4.79 Å². The number of ether oxygens (including phenoxy) is 1. The van der Waals surface area contributed by atoms with Gasteiger partial charge in [0.05, 0.1) is 30.5 Å². The van der Waals surface area contributed by atoms with E-state index in [0.29, 0.717) is 12.1 Å². The lowest BCUT2D eigenvalue weighted by atomic mass is 9.88. The van der Waals surface area contributed by atoms with Crippen molar-refractivity contribution in [3.8, 4) is 0 Å². The van der Waals surface area contributed by atoms with Crippen molar-refractivity contribution in [1.82, 2.24) is 10.2 Å². The molecule has 2 atom stereocenters. The first-order valence-corrected chi connectivity index (χ1v) is 12.1. The van der Waals surface area contributed by atoms with Gasteiger partial charge in [-0.25, -0.2) is 22.6 Å². The molecule has 3 heterocycles. The highest BCUT2D eigenvalue weighted by molar-refractivity contribution is 6.28. The summed E-state index contributed by atoms with van der Waals surface area (Å²) in [4.78, 5) is 15.1. The van der Waals surface area contributed by atoms with Gasteiger partial charge >= 0.3 is 0 Å². The van der Waals surface area contributed by atoms with Crippen molar-refractivity contribution in [3.05, 3.63) is 88.3 Å². The lowest BCUT2D eigenvalue weighted by molar-refractivity contribution is -0.122. The molecule has 1 amide bonds. The molecule has 0 spiro atoms. The molecule has 0 aliphatic carbocycles. The second-order valence-corrected chi connectivity index (χ2v) is 9.02. The van der Waals surface area contributed by atoms with Crippen LogP contribution < -0.4 is 10.3 Å². The van der Waals surface area contributed by atoms with Crippen LogP contribution in [0.5, 0.6) is 0 Å². The summed E-state index contributed by atoms with van der Waals surface area (Å²) in [5, 5.41) is 7.78. The molecular formula is C26H25ClF4N4O3. The van der Waals surface area contributed by atoms with Gasteiger partial charge in [0.1, 0.15) is 29.3 Å². The molecule has 1 fully saturated rings. The average Bonchev–Trinajstić information content (AvgIpc) is 3.48. The molecule has 38 heavy (non-hydrogen) atoms. The van der Waals surface area contributed by atoms with E-state index in [2.05, 4.69) is 22.4 Å². The first-order valence-electron chi connectivity index (χ1n) is 11.7. The van der Waals surface area contributed by atoms with Crippen LogP contribution in [0.15, 0.2) is 58.0 Å². The van der Waals surface area contributed by atoms with Gasteiger partial charge in [0.15, 0.2) is 11.0 Å². The number of morpholine rings is 1. The molecule has 202 valence electrons. The highest BCUT2D eigenvalue weighted by atomic mass is 35.5. The predicted octanol–water partition coefficient (Wildman–Crippen LogP) is 4.56. The maximum atomic E-state index is 14.6. The van der Waals surface area contributed by atoms with Crippen molar-refractivity contribution in [2.75, 3.05) is 45.4 Å². The number of carbonyl (C=O) groups is 1. The van der Waals surface area contributed by atoms with Crippen LogP contribution in [0.4, 0.5) is 23.2 Å². The number of halogens is 5. The number of benzene rings is 2. The molecule has 1 unspecified atom stereocenters. The van der Waals surface area contributed by atoms with Crippen LogP contribution in [-0.2, 0) is 9.53 Å². The molecule has 1 saturated heterocycles. The van der Waals surface area contributed by atoms with E-state index in [1.54, 1.807) is 0 Å². The van der Waals surface area contributed by atoms with E-state index in [-0.39, 0.29) is 27.9 Å². The molecule has 12 heteroatoms. The van der Waals surface area contributed by atoms with Crippen LogP contribution in [-0.4, -0.2) is 63.0 Å². The van der Waals surface area contributed by atoms with Crippen molar-refractivity contribution in [1.29, 1.82) is 0 Å². The van der Waals surface area contributed by atoms with Crippen LogP contribution in [0.25, 0.3) is 0 Å². The zero-order valence-corrected chi connectivity index (χ0v) is 21.3. The summed E-state index contributed by atoms with van der Waals surface area (Å²) in [5.74, 6) is -5.00. The Morgan fingerprint density at radius 3 is 2.18 bits per heavy atom. The molecule has 2 aliphatic rings. The lowest BCUT2D eigenvalue weighted by Gasteiger charge is -2.26. The summed E-state index contributed by atoms with van der Waals surface area (Å²) in [6.45, 7) is 4.02. The number of hydrazone groups is 1. The van der Waals surface area contributed by atoms with Crippen LogP contribution in [0.1, 0.15) is 17.2 Å². The van der Waals surface area contributed by atoms with Crippen LogP contribution >= 0.6 is 11.6 Å². The average molecular weight is 553 g/mol. The Kier molecular flexibility index (Phi) is 8.70. The number of furan rings is 1. The van der Waals surface area contributed by atoms with Gasteiger partial charge in [0.25, 0.3) is 0 Å². The molecule has 1 N–H and O–H groups in total. The van der Waals surface area contributed by atoms with Crippen LogP contribution in [0, 0.1) is 23.3 Å². The molecule has 0 radical (unpaired) electrons. The van der Waals surface area contributed by atoms with Crippen molar-refractivity contribution >= 4 is 28.9 Å². The number of hydrogen-bond acceptors (Lipinski definition) is 6. The maximum Gasteiger partial charge on any atom is 0.245 e. The minimum absolute atomic E-state index is 0.0102. The minimum Gasteiger partial charge on any atom is -0.449 e. The fraction of sp³-hybridized carbons (Fsp3) is 0.308. The molecule has 2 aliphatic heterocycles. The predicted molar refractivity (Wildman–Crippen MR) is 134 cm³/mol.